The summed E-state index contributed by atoms with van der Waals surface area (Å²) in [5.74, 6) is -3.24. The van der Waals surface area contributed by atoms with E-state index in [2.05, 4.69) is 4.98 Å². The van der Waals surface area contributed by atoms with Crippen molar-refractivity contribution in [1.29, 1.82) is 0 Å². The van der Waals surface area contributed by atoms with Crippen LogP contribution < -0.4 is 11.3 Å². The van der Waals surface area contributed by atoms with Gasteiger partial charge in [0, 0.05) is 5.56 Å². The smallest absolute Gasteiger partial charge is 0.342 e. The summed E-state index contributed by atoms with van der Waals surface area (Å²) in [6.07, 6.45) is 1.90. The second-order valence-corrected chi connectivity index (χ2v) is 5.95. The highest BCUT2D eigenvalue weighted by atomic mass is 16.4. The van der Waals surface area contributed by atoms with Gasteiger partial charge in [0.15, 0.2) is 0 Å². The van der Waals surface area contributed by atoms with Gasteiger partial charge in [-0.05, 0) is 41.5 Å². The van der Waals surface area contributed by atoms with Gasteiger partial charge in [-0.2, -0.15) is 0 Å². The van der Waals surface area contributed by atoms with Crippen LogP contribution in [0.2, 0.25) is 0 Å². The molecule has 0 saturated carbocycles. The Morgan fingerprint density at radius 2 is 1.42 bits per heavy atom. The molecule has 2 aromatic rings. The lowest BCUT2D eigenvalue weighted by Gasteiger charge is -2.19. The average Bonchev–Trinajstić information content (AvgIpc) is 2.58. The monoisotopic (exact) mass is 358 g/mol. The average molecular weight is 358 g/mol. The summed E-state index contributed by atoms with van der Waals surface area (Å²) in [6, 6.07) is 3.84. The maximum Gasteiger partial charge on any atom is 0.342 e. The quantitative estimate of drug-likeness (QED) is 0.627. The first-order valence-corrected chi connectivity index (χ1v) is 8.43. The normalized spacial score (nSPS) is 10.7. The summed E-state index contributed by atoms with van der Waals surface area (Å²) in [7, 11) is 0. The van der Waals surface area contributed by atoms with Gasteiger partial charge in [0.1, 0.15) is 16.9 Å². The first-order valence-electron chi connectivity index (χ1n) is 8.43. The second-order valence-electron chi connectivity index (χ2n) is 5.95. The van der Waals surface area contributed by atoms with E-state index < -0.39 is 28.6 Å². The van der Waals surface area contributed by atoms with Gasteiger partial charge >= 0.3 is 11.9 Å². The Morgan fingerprint density at radius 3 is 1.81 bits per heavy atom. The third kappa shape index (κ3) is 3.20. The lowest BCUT2D eigenvalue weighted by atomic mass is 9.85. The summed E-state index contributed by atoms with van der Waals surface area (Å²) >= 11 is 0. The lowest BCUT2D eigenvalue weighted by Crippen LogP contribution is -2.25. The van der Waals surface area contributed by atoms with E-state index in [1.54, 1.807) is 0 Å². The zero-order valence-corrected chi connectivity index (χ0v) is 15.0. The topological polar surface area (TPSA) is 133 Å². The van der Waals surface area contributed by atoms with Crippen LogP contribution in [-0.2, 0) is 19.3 Å². The second kappa shape index (κ2) is 7.43. The molecule has 0 aliphatic heterocycles. The fourth-order valence-electron chi connectivity index (χ4n) is 3.22. The fraction of sp³-hybridized carbons (Fsp3) is 0.316. The molecule has 2 rings (SSSR count). The van der Waals surface area contributed by atoms with Crippen molar-refractivity contribution in [2.45, 2.75) is 40.0 Å². The molecule has 0 aliphatic rings. The molecule has 1 aromatic carbocycles. The third-order valence-electron chi connectivity index (χ3n) is 4.45. The number of aromatic nitrogens is 1. The van der Waals surface area contributed by atoms with Crippen LogP contribution in [0.25, 0.3) is 11.1 Å². The van der Waals surface area contributed by atoms with Crippen molar-refractivity contribution in [2.75, 3.05) is 5.73 Å². The Labute approximate surface area is 150 Å². The van der Waals surface area contributed by atoms with Crippen LogP contribution in [-0.4, -0.2) is 27.1 Å². The number of hydrogen-bond donors (Lipinski definition) is 4. The molecule has 1 aromatic heterocycles. The molecule has 0 radical (unpaired) electrons. The van der Waals surface area contributed by atoms with Crippen LogP contribution in [0.3, 0.4) is 0 Å². The minimum Gasteiger partial charge on any atom is -0.478 e. The number of hydrogen-bond acceptors (Lipinski definition) is 4. The molecule has 5 N–H and O–H groups in total. The number of carbonyl (C=O) groups is 2. The number of aryl methyl sites for hydroxylation is 3. The number of aromatic carboxylic acids is 2. The molecule has 1 heterocycles. The van der Waals surface area contributed by atoms with Crippen molar-refractivity contribution in [3.8, 4) is 11.1 Å². The Bertz CT molecular complexity index is 919. The largest absolute Gasteiger partial charge is 0.478 e. The Morgan fingerprint density at radius 1 is 0.923 bits per heavy atom. The van der Waals surface area contributed by atoms with Gasteiger partial charge in [-0.3, -0.25) is 4.79 Å². The molecule has 0 aliphatic carbocycles. The van der Waals surface area contributed by atoms with Crippen molar-refractivity contribution in [3.05, 3.63) is 50.3 Å². The van der Waals surface area contributed by atoms with Crippen molar-refractivity contribution >= 4 is 17.8 Å². The first-order chi connectivity index (χ1) is 12.3. The highest BCUT2D eigenvalue weighted by Gasteiger charge is 2.29. The summed E-state index contributed by atoms with van der Waals surface area (Å²) < 4.78 is 0. The van der Waals surface area contributed by atoms with Gasteiger partial charge in [-0.1, -0.05) is 32.9 Å². The number of aromatic amines is 1. The highest BCUT2D eigenvalue weighted by Crippen LogP contribution is 2.36. The van der Waals surface area contributed by atoms with Gasteiger partial charge in [-0.15, -0.1) is 0 Å². The summed E-state index contributed by atoms with van der Waals surface area (Å²) in [5.41, 5.74) is 6.81. The van der Waals surface area contributed by atoms with Crippen molar-refractivity contribution in [1.82, 2.24) is 4.98 Å². The van der Waals surface area contributed by atoms with Gasteiger partial charge in [0.05, 0.1) is 0 Å². The van der Waals surface area contributed by atoms with E-state index in [4.69, 9.17) is 5.73 Å². The van der Waals surface area contributed by atoms with Gasteiger partial charge in [-0.25, -0.2) is 9.59 Å². The zero-order chi connectivity index (χ0) is 19.6. The van der Waals surface area contributed by atoms with Crippen molar-refractivity contribution < 1.29 is 19.8 Å². The number of carboxylic acids is 2. The molecule has 26 heavy (non-hydrogen) atoms. The van der Waals surface area contributed by atoms with Crippen molar-refractivity contribution in [3.63, 3.8) is 0 Å². The molecule has 7 heteroatoms. The van der Waals surface area contributed by atoms with E-state index in [1.807, 2.05) is 32.9 Å². The van der Waals surface area contributed by atoms with Crippen LogP contribution in [0.15, 0.2) is 16.9 Å². The highest BCUT2D eigenvalue weighted by molar-refractivity contribution is 6.08. The molecule has 0 unspecified atom stereocenters. The molecule has 0 spiro atoms. The molecule has 0 fully saturated rings. The van der Waals surface area contributed by atoms with Crippen LogP contribution in [0.5, 0.6) is 0 Å². The summed E-state index contributed by atoms with van der Waals surface area (Å²) in [4.78, 5) is 38.0. The van der Waals surface area contributed by atoms with E-state index in [1.165, 1.54) is 0 Å². The summed E-state index contributed by atoms with van der Waals surface area (Å²) in [5, 5.41) is 19.2. The van der Waals surface area contributed by atoms with Crippen molar-refractivity contribution in [2.24, 2.45) is 0 Å². The maximum atomic E-state index is 12.3. The lowest BCUT2D eigenvalue weighted by molar-refractivity contribution is 0.0695. The third-order valence-corrected chi connectivity index (χ3v) is 4.45. The number of nitrogens with one attached hydrogen (secondary N) is 1. The number of anilines is 1. The number of nitrogen functional groups attached to an aromatic ring is 1. The number of H-pyrrole nitrogens is 1. The number of benzene rings is 1. The first kappa shape index (κ1) is 19.2. The number of nitrogens with two attached hydrogens (primary N) is 1. The van der Waals surface area contributed by atoms with Crippen LogP contribution >= 0.6 is 0 Å². The van der Waals surface area contributed by atoms with E-state index in [-0.39, 0.29) is 11.4 Å². The SMILES string of the molecule is CCc1cc(CC)c(-c2c(C(=O)O)c(N)[nH]c(=O)c2C(=O)O)c(CC)c1. The van der Waals surface area contributed by atoms with Gasteiger partial charge < -0.3 is 20.9 Å². The number of pyridine rings is 1. The van der Waals surface area contributed by atoms with E-state index in [0.717, 1.165) is 23.1 Å². The van der Waals surface area contributed by atoms with Crippen LogP contribution in [0, 0.1) is 0 Å². The molecule has 7 nitrogen and oxygen atoms in total. The van der Waals surface area contributed by atoms with Crippen LogP contribution in [0.4, 0.5) is 5.82 Å². The molecular weight excluding hydrogens is 336 g/mol. The van der Waals surface area contributed by atoms with E-state index in [0.29, 0.717) is 18.4 Å². The minimum absolute atomic E-state index is 0.123. The van der Waals surface area contributed by atoms with E-state index in [9.17, 15) is 24.6 Å². The maximum absolute atomic E-state index is 12.3. The number of rotatable bonds is 6. The molecule has 0 atom stereocenters. The molecule has 0 bridgehead atoms. The predicted octanol–water partition coefficient (Wildman–Crippen LogP) is 2.71. The minimum atomic E-state index is -1.49. The number of carboxylic acid groups (broad SMARTS) is 2. The predicted molar refractivity (Wildman–Crippen MR) is 99.0 cm³/mol. The van der Waals surface area contributed by atoms with E-state index >= 15 is 0 Å². The molecule has 0 amide bonds. The van der Waals surface area contributed by atoms with Gasteiger partial charge in [0.2, 0.25) is 0 Å². The summed E-state index contributed by atoms with van der Waals surface area (Å²) in [6.45, 7) is 5.80. The Hall–Kier alpha value is -3.09. The molecule has 0 saturated heterocycles. The standard InChI is InChI=1S/C19H22N2O5/c1-4-9-7-10(5-2)12(11(6-3)8-9)13-14(18(23)24)16(20)21-17(22)15(13)19(25)26/h7-8H,4-6H2,1-3H3,(H,23,24)(H,25,26)(H3,20,21,22). The molecule has 138 valence electrons. The zero-order valence-electron chi connectivity index (χ0n) is 15.0. The Balaban J connectivity index is 3.12. The Kier molecular flexibility index (Phi) is 5.50. The van der Waals surface area contributed by atoms with Crippen LogP contribution in [0.1, 0.15) is 58.2 Å². The fourth-order valence-corrected chi connectivity index (χ4v) is 3.22. The molecular formula is C19H22N2O5. The van der Waals surface area contributed by atoms with Gasteiger partial charge in [0.25, 0.3) is 5.56 Å².